The number of hydrogen-bond acceptors (Lipinski definition) is 3. The van der Waals surface area contributed by atoms with Crippen LogP contribution in [0, 0.1) is 6.92 Å². The van der Waals surface area contributed by atoms with E-state index in [2.05, 4.69) is 60.9 Å². The Bertz CT molecular complexity index is 499. The number of nitrogens with one attached hydrogen (secondary N) is 1. The fourth-order valence-corrected chi connectivity index (χ4v) is 3.04. The van der Waals surface area contributed by atoms with Crippen molar-refractivity contribution in [3.05, 3.63) is 65.7 Å². The fraction of sp³-hybridized carbons (Fsp3) is 0.250. The summed E-state index contributed by atoms with van der Waals surface area (Å²) in [6.07, 6.45) is 0.955. The van der Waals surface area contributed by atoms with Crippen LogP contribution in [0.15, 0.2) is 59.5 Å². The molecule has 2 aromatic carbocycles. The zero-order valence-corrected chi connectivity index (χ0v) is 12.0. The minimum atomic E-state index is 0.284. The fourth-order valence-electron chi connectivity index (χ4n) is 1.97. The zero-order valence-electron chi connectivity index (χ0n) is 11.2. The number of thioether (sulfide) groups is 1. The molecule has 0 saturated heterocycles. The van der Waals surface area contributed by atoms with E-state index in [9.17, 15) is 0 Å². The van der Waals surface area contributed by atoms with E-state index in [1.807, 2.05) is 17.8 Å². The molecule has 2 nitrogen and oxygen atoms in total. The van der Waals surface area contributed by atoms with E-state index in [1.165, 1.54) is 16.0 Å². The molecular weight excluding hydrogens is 252 g/mol. The molecule has 0 aliphatic carbocycles. The average molecular weight is 272 g/mol. The van der Waals surface area contributed by atoms with Gasteiger partial charge in [0, 0.05) is 16.7 Å². The first-order chi connectivity index (χ1) is 9.29. The maximum Gasteiger partial charge on any atom is 0.0344 e. The third kappa shape index (κ3) is 4.39. The van der Waals surface area contributed by atoms with Crippen molar-refractivity contribution in [2.75, 3.05) is 5.75 Å². The zero-order chi connectivity index (χ0) is 13.5. The Kier molecular flexibility index (Phi) is 5.45. The molecule has 100 valence electrons. The topological polar surface area (TPSA) is 38.0 Å². The highest BCUT2D eigenvalue weighted by molar-refractivity contribution is 7.99. The SMILES string of the molecule is Cc1ccccc1SCC(Cc1ccccc1)NN. The highest BCUT2D eigenvalue weighted by Gasteiger charge is 2.09. The summed E-state index contributed by atoms with van der Waals surface area (Å²) < 4.78 is 0. The van der Waals surface area contributed by atoms with Gasteiger partial charge in [0.2, 0.25) is 0 Å². The van der Waals surface area contributed by atoms with Gasteiger partial charge in [0.15, 0.2) is 0 Å². The number of hydrazine groups is 1. The maximum atomic E-state index is 5.66. The second kappa shape index (κ2) is 7.34. The number of rotatable bonds is 6. The average Bonchev–Trinajstić information content (AvgIpc) is 2.46. The predicted octanol–water partition coefficient (Wildman–Crippen LogP) is 3.16. The lowest BCUT2D eigenvalue weighted by Gasteiger charge is -2.16. The first-order valence-electron chi connectivity index (χ1n) is 6.48. The summed E-state index contributed by atoms with van der Waals surface area (Å²) in [6.45, 7) is 2.14. The number of aryl methyl sites for hydroxylation is 1. The van der Waals surface area contributed by atoms with Crippen LogP contribution in [0.4, 0.5) is 0 Å². The minimum Gasteiger partial charge on any atom is -0.271 e. The molecule has 0 amide bonds. The van der Waals surface area contributed by atoms with E-state index in [0.717, 1.165) is 12.2 Å². The summed E-state index contributed by atoms with van der Waals surface area (Å²) in [5.41, 5.74) is 5.56. The molecule has 0 aromatic heterocycles. The van der Waals surface area contributed by atoms with Crippen LogP contribution in [0.1, 0.15) is 11.1 Å². The first kappa shape index (κ1) is 14.1. The van der Waals surface area contributed by atoms with Gasteiger partial charge in [-0.05, 0) is 30.5 Å². The smallest absolute Gasteiger partial charge is 0.0344 e. The van der Waals surface area contributed by atoms with Crippen molar-refractivity contribution in [1.29, 1.82) is 0 Å². The van der Waals surface area contributed by atoms with E-state index in [-0.39, 0.29) is 6.04 Å². The van der Waals surface area contributed by atoms with Gasteiger partial charge in [-0.3, -0.25) is 11.3 Å². The second-order valence-corrected chi connectivity index (χ2v) is 5.69. The first-order valence-corrected chi connectivity index (χ1v) is 7.46. The Labute approximate surface area is 119 Å². The summed E-state index contributed by atoms with van der Waals surface area (Å²) in [6, 6.07) is 19.2. The van der Waals surface area contributed by atoms with Gasteiger partial charge in [-0.2, -0.15) is 0 Å². The third-order valence-corrected chi connectivity index (χ3v) is 4.43. The van der Waals surface area contributed by atoms with Gasteiger partial charge in [-0.1, -0.05) is 48.5 Å². The van der Waals surface area contributed by atoms with E-state index in [1.54, 1.807) is 0 Å². The maximum absolute atomic E-state index is 5.66. The molecule has 0 aliphatic heterocycles. The molecule has 3 heteroatoms. The molecule has 3 N–H and O–H groups in total. The Hall–Kier alpha value is -1.29. The van der Waals surface area contributed by atoms with Gasteiger partial charge in [-0.15, -0.1) is 11.8 Å². The van der Waals surface area contributed by atoms with Crippen molar-refractivity contribution in [2.45, 2.75) is 24.3 Å². The molecule has 0 aliphatic rings. The Morgan fingerprint density at radius 2 is 1.74 bits per heavy atom. The van der Waals surface area contributed by atoms with Crippen LogP contribution in [0.5, 0.6) is 0 Å². The van der Waals surface area contributed by atoms with E-state index < -0.39 is 0 Å². The number of nitrogens with two attached hydrogens (primary N) is 1. The molecule has 0 radical (unpaired) electrons. The third-order valence-electron chi connectivity index (χ3n) is 3.09. The molecule has 0 fully saturated rings. The summed E-state index contributed by atoms with van der Waals surface area (Å²) in [7, 11) is 0. The van der Waals surface area contributed by atoms with Gasteiger partial charge in [-0.25, -0.2) is 0 Å². The minimum absolute atomic E-state index is 0.284. The molecule has 1 atom stereocenters. The van der Waals surface area contributed by atoms with Gasteiger partial charge in [0.25, 0.3) is 0 Å². The number of hydrogen-bond donors (Lipinski definition) is 2. The van der Waals surface area contributed by atoms with Crippen LogP contribution in [-0.2, 0) is 6.42 Å². The van der Waals surface area contributed by atoms with Crippen LogP contribution < -0.4 is 11.3 Å². The van der Waals surface area contributed by atoms with Crippen molar-refractivity contribution >= 4 is 11.8 Å². The molecule has 0 heterocycles. The molecule has 0 saturated carbocycles. The molecule has 1 unspecified atom stereocenters. The van der Waals surface area contributed by atoms with Crippen molar-refractivity contribution in [3.63, 3.8) is 0 Å². The predicted molar refractivity (Wildman–Crippen MR) is 83.2 cm³/mol. The van der Waals surface area contributed by atoms with Crippen LogP contribution in [0.25, 0.3) is 0 Å². The van der Waals surface area contributed by atoms with Gasteiger partial charge in [0.05, 0.1) is 0 Å². The monoisotopic (exact) mass is 272 g/mol. The molecule has 0 spiro atoms. The van der Waals surface area contributed by atoms with Crippen LogP contribution in [-0.4, -0.2) is 11.8 Å². The summed E-state index contributed by atoms with van der Waals surface area (Å²) in [5.74, 6) is 6.63. The van der Waals surface area contributed by atoms with Crippen LogP contribution in [0.2, 0.25) is 0 Å². The highest BCUT2D eigenvalue weighted by Crippen LogP contribution is 2.23. The molecule has 2 rings (SSSR count). The summed E-state index contributed by atoms with van der Waals surface area (Å²) in [5, 5.41) is 0. The lowest BCUT2D eigenvalue weighted by atomic mass is 10.1. The lowest BCUT2D eigenvalue weighted by Crippen LogP contribution is -2.38. The van der Waals surface area contributed by atoms with Gasteiger partial charge < -0.3 is 0 Å². The van der Waals surface area contributed by atoms with E-state index in [0.29, 0.717) is 0 Å². The molecular formula is C16H20N2S. The van der Waals surface area contributed by atoms with E-state index >= 15 is 0 Å². The van der Waals surface area contributed by atoms with Gasteiger partial charge >= 0.3 is 0 Å². The van der Waals surface area contributed by atoms with E-state index in [4.69, 9.17) is 5.84 Å². The quantitative estimate of drug-likeness (QED) is 0.482. The number of benzene rings is 2. The highest BCUT2D eigenvalue weighted by atomic mass is 32.2. The summed E-state index contributed by atoms with van der Waals surface area (Å²) in [4.78, 5) is 1.33. The Balaban J connectivity index is 1.91. The van der Waals surface area contributed by atoms with Crippen LogP contribution in [0.3, 0.4) is 0 Å². The lowest BCUT2D eigenvalue weighted by molar-refractivity contribution is 0.575. The van der Waals surface area contributed by atoms with Crippen LogP contribution >= 0.6 is 11.8 Å². The summed E-state index contributed by atoms with van der Waals surface area (Å²) >= 11 is 1.86. The Morgan fingerprint density at radius 3 is 2.42 bits per heavy atom. The van der Waals surface area contributed by atoms with Crippen molar-refractivity contribution < 1.29 is 0 Å². The molecule has 0 bridgehead atoms. The normalized spacial score (nSPS) is 12.3. The molecule has 19 heavy (non-hydrogen) atoms. The van der Waals surface area contributed by atoms with Crippen molar-refractivity contribution in [2.24, 2.45) is 5.84 Å². The standard InChI is InChI=1S/C16H20N2S/c1-13-7-5-6-10-16(13)19-12-15(18-17)11-14-8-3-2-4-9-14/h2-10,15,18H,11-12,17H2,1H3. The molecule has 2 aromatic rings. The van der Waals surface area contributed by atoms with Crippen molar-refractivity contribution in [3.8, 4) is 0 Å². The van der Waals surface area contributed by atoms with Crippen molar-refractivity contribution in [1.82, 2.24) is 5.43 Å². The largest absolute Gasteiger partial charge is 0.271 e. The Morgan fingerprint density at radius 1 is 1.05 bits per heavy atom. The van der Waals surface area contributed by atoms with Gasteiger partial charge in [0.1, 0.15) is 0 Å². The second-order valence-electron chi connectivity index (χ2n) is 4.63.